The number of pyridine rings is 6. The Morgan fingerprint density at radius 2 is 0.519 bits per heavy atom. The zero-order chi connectivity index (χ0) is 34.7. The molecule has 9 heterocycles. The zero-order valence-corrected chi connectivity index (χ0v) is 27.0. The molecule has 0 fully saturated rings. The highest BCUT2D eigenvalue weighted by Gasteiger charge is 2.40. The zero-order valence-electron chi connectivity index (χ0n) is 27.0. The second-order valence-corrected chi connectivity index (χ2v) is 10.9. The van der Waals surface area contributed by atoms with Gasteiger partial charge in [-0.3, -0.25) is 0 Å². The fraction of sp³-hybridized carbons (Fsp3) is 0. The highest BCUT2D eigenvalue weighted by molar-refractivity contribution is 6.34. The quantitative estimate of drug-likeness (QED) is 0.224. The first-order valence-electron chi connectivity index (χ1n) is 16.0. The van der Waals surface area contributed by atoms with Gasteiger partial charge in [0.1, 0.15) is 34.9 Å². The van der Waals surface area contributed by atoms with E-state index in [-0.39, 0.29) is 35.8 Å². The van der Waals surface area contributed by atoms with E-state index in [1.165, 1.54) is 0 Å². The number of aliphatic imine (C=N–C) groups is 6. The lowest BCUT2D eigenvalue weighted by molar-refractivity contribution is 0.819. The van der Waals surface area contributed by atoms with Gasteiger partial charge in [-0.25, -0.2) is 49.5 Å². The van der Waals surface area contributed by atoms with Crippen molar-refractivity contribution in [2.24, 2.45) is 30.0 Å². The Morgan fingerprint density at radius 1 is 0.288 bits per heavy atom. The number of nitrogens with zero attached hydrogens (tertiary/aromatic N) is 16. The van der Waals surface area contributed by atoms with Crippen LogP contribution in [0.25, 0.3) is 0 Å². The van der Waals surface area contributed by atoms with Crippen LogP contribution in [0, 0.1) is 0 Å². The van der Waals surface area contributed by atoms with E-state index < -0.39 is 0 Å². The predicted octanol–water partition coefficient (Wildman–Crippen LogP) is 5.35. The number of rotatable bonds is 6. The fourth-order valence-electron chi connectivity index (χ4n) is 5.44. The van der Waals surface area contributed by atoms with Crippen molar-refractivity contribution in [1.29, 1.82) is 0 Å². The standard InChI is InChI=1S/C36H24N16/c1-7-19-37-25(13-1)49(26-14-2-8-20-38-26)31-43-34-45-32(50(27-15-3-9-21-39-27)28-16-4-10-22-40-28)47-36-48-33(46-35(44-31)52(34)36)51(29-17-5-11-23-41-29)30-18-6-12-24-42-30/h1-24H. The molecule has 9 rings (SSSR count). The molecular formula is C36H24N16. The summed E-state index contributed by atoms with van der Waals surface area (Å²) < 4.78 is 0. The average molecular weight is 681 g/mol. The normalized spacial score (nSPS) is 14.4. The maximum absolute atomic E-state index is 4.96. The summed E-state index contributed by atoms with van der Waals surface area (Å²) in [5.74, 6) is 4.40. The minimum Gasteiger partial charge on any atom is -0.246 e. The van der Waals surface area contributed by atoms with Crippen molar-refractivity contribution in [2.75, 3.05) is 14.7 Å². The van der Waals surface area contributed by atoms with Gasteiger partial charge in [-0.2, -0.15) is 30.0 Å². The molecule has 0 saturated heterocycles. The Hall–Kier alpha value is -7.88. The maximum Gasteiger partial charge on any atom is 0.246 e. The molecule has 0 radical (unpaired) electrons. The molecule has 0 N–H and O–H groups in total. The van der Waals surface area contributed by atoms with E-state index >= 15 is 0 Å². The topological polar surface area (TPSA) is 164 Å². The molecular weight excluding hydrogens is 657 g/mol. The van der Waals surface area contributed by atoms with E-state index in [0.29, 0.717) is 34.9 Å². The Kier molecular flexibility index (Phi) is 7.67. The third kappa shape index (κ3) is 5.67. The molecule has 0 amide bonds. The molecule has 0 unspecified atom stereocenters. The first kappa shape index (κ1) is 30.2. The van der Waals surface area contributed by atoms with Crippen molar-refractivity contribution >= 4 is 70.7 Å². The van der Waals surface area contributed by atoms with Crippen LogP contribution in [0.1, 0.15) is 0 Å². The summed E-state index contributed by atoms with van der Waals surface area (Å²) in [6, 6.07) is 33.3. The third-order valence-electron chi connectivity index (χ3n) is 7.67. The minimum absolute atomic E-state index is 0.197. The van der Waals surface area contributed by atoms with Crippen molar-refractivity contribution in [1.82, 2.24) is 34.8 Å². The van der Waals surface area contributed by atoms with Crippen molar-refractivity contribution in [3.8, 4) is 0 Å². The molecule has 3 aliphatic rings. The number of guanidine groups is 6. The summed E-state index contributed by atoms with van der Waals surface area (Å²) in [6.07, 6.45) is 10.1. The highest BCUT2D eigenvalue weighted by atomic mass is 15.6. The van der Waals surface area contributed by atoms with Crippen LogP contribution < -0.4 is 14.7 Å². The van der Waals surface area contributed by atoms with E-state index in [1.807, 2.05) is 109 Å². The molecule has 16 heteroatoms. The molecule has 52 heavy (non-hydrogen) atoms. The van der Waals surface area contributed by atoms with Crippen LogP contribution >= 0.6 is 0 Å². The molecule has 3 aliphatic heterocycles. The largest absolute Gasteiger partial charge is 0.246 e. The van der Waals surface area contributed by atoms with E-state index in [1.54, 1.807) is 56.8 Å². The summed E-state index contributed by atoms with van der Waals surface area (Å²) in [5, 5.41) is 0. The number of anilines is 6. The monoisotopic (exact) mass is 680 g/mol. The minimum atomic E-state index is 0.197. The smallest absolute Gasteiger partial charge is 0.246 e. The Balaban J connectivity index is 1.28. The van der Waals surface area contributed by atoms with Crippen LogP contribution in [0.3, 0.4) is 0 Å². The van der Waals surface area contributed by atoms with Gasteiger partial charge in [0.05, 0.1) is 0 Å². The lowest BCUT2D eigenvalue weighted by Crippen LogP contribution is -2.52. The van der Waals surface area contributed by atoms with Crippen molar-refractivity contribution in [2.45, 2.75) is 0 Å². The molecule has 0 atom stereocenters. The lowest BCUT2D eigenvalue weighted by Gasteiger charge is -2.34. The summed E-state index contributed by atoms with van der Waals surface area (Å²) in [6.45, 7) is 0. The molecule has 16 nitrogen and oxygen atoms in total. The van der Waals surface area contributed by atoms with Crippen LogP contribution in [0.15, 0.2) is 176 Å². The molecule has 6 aromatic rings. The summed E-state index contributed by atoms with van der Waals surface area (Å²) >= 11 is 0. The molecule has 0 saturated carbocycles. The fourth-order valence-corrected chi connectivity index (χ4v) is 5.44. The SMILES string of the molecule is c1ccc(N(C2=NC3=NC(N(c4ccccn4)c4ccccn4)=NC4=NC(N(c5ccccn5)c5ccccn5)=NC(=N2)N34)c2ccccn2)nc1. The number of hydrogen-bond donors (Lipinski definition) is 0. The van der Waals surface area contributed by atoms with E-state index in [2.05, 4.69) is 29.9 Å². The Morgan fingerprint density at radius 3 is 0.712 bits per heavy atom. The first-order valence-corrected chi connectivity index (χ1v) is 16.0. The molecule has 0 bridgehead atoms. The van der Waals surface area contributed by atoms with Crippen molar-refractivity contribution in [3.05, 3.63) is 146 Å². The first-order chi connectivity index (χ1) is 25.8. The molecule has 0 aromatic carbocycles. The van der Waals surface area contributed by atoms with Gasteiger partial charge in [0.25, 0.3) is 0 Å². The van der Waals surface area contributed by atoms with Gasteiger partial charge in [0, 0.05) is 37.2 Å². The van der Waals surface area contributed by atoms with Crippen LogP contribution in [0.4, 0.5) is 34.9 Å². The van der Waals surface area contributed by atoms with Crippen LogP contribution in [0.5, 0.6) is 0 Å². The second-order valence-electron chi connectivity index (χ2n) is 10.9. The summed E-state index contributed by atoms with van der Waals surface area (Å²) in [4.78, 5) is 64.2. The molecule has 0 spiro atoms. The van der Waals surface area contributed by atoms with Crippen LogP contribution in [-0.2, 0) is 0 Å². The van der Waals surface area contributed by atoms with Gasteiger partial charge in [0.2, 0.25) is 35.8 Å². The molecule has 248 valence electrons. The van der Waals surface area contributed by atoms with Gasteiger partial charge >= 0.3 is 0 Å². The summed E-state index contributed by atoms with van der Waals surface area (Å²) in [7, 11) is 0. The van der Waals surface area contributed by atoms with Crippen LogP contribution in [0.2, 0.25) is 0 Å². The van der Waals surface area contributed by atoms with E-state index in [4.69, 9.17) is 30.0 Å². The van der Waals surface area contributed by atoms with E-state index in [9.17, 15) is 0 Å². The van der Waals surface area contributed by atoms with Gasteiger partial charge < -0.3 is 0 Å². The maximum atomic E-state index is 4.96. The third-order valence-corrected chi connectivity index (χ3v) is 7.67. The second kappa shape index (κ2) is 13.2. The number of hydrogen-bond acceptors (Lipinski definition) is 16. The Labute approximate surface area is 296 Å². The lowest BCUT2D eigenvalue weighted by atomic mass is 10.3. The van der Waals surface area contributed by atoms with E-state index in [0.717, 1.165) is 0 Å². The van der Waals surface area contributed by atoms with Gasteiger partial charge in [0.15, 0.2) is 0 Å². The average Bonchev–Trinajstić information content (AvgIpc) is 3.21. The van der Waals surface area contributed by atoms with Gasteiger partial charge in [-0.15, -0.1) is 0 Å². The van der Waals surface area contributed by atoms with Gasteiger partial charge in [-0.1, -0.05) is 36.4 Å². The van der Waals surface area contributed by atoms with Crippen LogP contribution in [-0.4, -0.2) is 70.6 Å². The van der Waals surface area contributed by atoms with Crippen molar-refractivity contribution in [3.63, 3.8) is 0 Å². The highest BCUT2D eigenvalue weighted by Crippen LogP contribution is 2.30. The molecule has 0 aliphatic carbocycles. The van der Waals surface area contributed by atoms with Gasteiger partial charge in [-0.05, 0) is 72.8 Å². The van der Waals surface area contributed by atoms with Crippen molar-refractivity contribution < 1.29 is 0 Å². The predicted molar refractivity (Wildman–Crippen MR) is 198 cm³/mol. The molecule has 6 aromatic heterocycles. The summed E-state index contributed by atoms with van der Waals surface area (Å²) in [5.41, 5.74) is 0. The Bertz CT molecular complexity index is 2010. The number of aromatic nitrogens is 6.